The van der Waals surface area contributed by atoms with Gasteiger partial charge in [-0.25, -0.2) is 4.79 Å². The number of amides is 1. The summed E-state index contributed by atoms with van der Waals surface area (Å²) in [4.78, 5) is 18.3. The van der Waals surface area contributed by atoms with Crippen LogP contribution < -0.4 is 0 Å². The molecule has 0 N–H and O–H groups in total. The number of rotatable bonds is 1. The summed E-state index contributed by atoms with van der Waals surface area (Å²) in [6, 6.07) is 10.3. The van der Waals surface area contributed by atoms with Crippen LogP contribution in [0.3, 0.4) is 0 Å². The van der Waals surface area contributed by atoms with Crippen LogP contribution in [0, 0.1) is 0 Å². The molecule has 4 heteroatoms. The van der Waals surface area contributed by atoms with E-state index in [0.29, 0.717) is 6.54 Å². The standard InChI is InChI=1S/C19H22N2O2/c1-19(2,3)23-18(22)21-12-9-14(10-13-21)16-8-4-6-15-7-5-11-20-17(15)16/h4-9,11-12,14H,10,13H2,1-3H3/t14-/m1/s1. The summed E-state index contributed by atoms with van der Waals surface area (Å²) >= 11 is 0. The van der Waals surface area contributed by atoms with Gasteiger partial charge >= 0.3 is 6.09 Å². The molecule has 3 rings (SSSR count). The zero-order chi connectivity index (χ0) is 16.4. The van der Waals surface area contributed by atoms with Crippen LogP contribution >= 0.6 is 0 Å². The van der Waals surface area contributed by atoms with Gasteiger partial charge in [0.2, 0.25) is 0 Å². The third-order valence-corrected chi connectivity index (χ3v) is 3.87. The fourth-order valence-electron chi connectivity index (χ4n) is 2.82. The molecular weight excluding hydrogens is 288 g/mol. The molecule has 1 aromatic heterocycles. The molecule has 0 spiro atoms. The van der Waals surface area contributed by atoms with Gasteiger partial charge in [0.1, 0.15) is 5.60 Å². The molecule has 0 bridgehead atoms. The number of carbonyl (C=O) groups is 1. The van der Waals surface area contributed by atoms with Crippen LogP contribution in [0.25, 0.3) is 10.9 Å². The third kappa shape index (κ3) is 3.52. The number of ether oxygens (including phenoxy) is 1. The van der Waals surface area contributed by atoms with Gasteiger partial charge in [0.05, 0.1) is 5.52 Å². The fraction of sp³-hybridized carbons (Fsp3) is 0.368. The lowest BCUT2D eigenvalue weighted by Gasteiger charge is -2.29. The maximum atomic E-state index is 12.1. The van der Waals surface area contributed by atoms with E-state index in [1.165, 1.54) is 5.56 Å². The summed E-state index contributed by atoms with van der Waals surface area (Å²) in [5, 5.41) is 1.15. The first-order chi connectivity index (χ1) is 10.9. The Morgan fingerprint density at radius 3 is 2.74 bits per heavy atom. The van der Waals surface area contributed by atoms with Gasteiger partial charge in [-0.3, -0.25) is 9.88 Å². The van der Waals surface area contributed by atoms with Crippen molar-refractivity contribution in [1.29, 1.82) is 0 Å². The predicted octanol–water partition coefficient (Wildman–Crippen LogP) is 4.47. The average molecular weight is 310 g/mol. The van der Waals surface area contributed by atoms with Crippen molar-refractivity contribution in [1.82, 2.24) is 9.88 Å². The van der Waals surface area contributed by atoms with Crippen molar-refractivity contribution in [3.05, 3.63) is 54.4 Å². The predicted molar refractivity (Wildman–Crippen MR) is 91.2 cm³/mol. The quantitative estimate of drug-likeness (QED) is 0.780. The molecule has 2 aromatic rings. The van der Waals surface area contributed by atoms with E-state index >= 15 is 0 Å². The van der Waals surface area contributed by atoms with E-state index < -0.39 is 5.60 Å². The van der Waals surface area contributed by atoms with Gasteiger partial charge in [-0.15, -0.1) is 0 Å². The van der Waals surface area contributed by atoms with Gasteiger partial charge in [0, 0.05) is 30.2 Å². The van der Waals surface area contributed by atoms with Gasteiger partial charge < -0.3 is 4.74 Å². The van der Waals surface area contributed by atoms with Crippen molar-refractivity contribution in [2.24, 2.45) is 0 Å². The highest BCUT2D eigenvalue weighted by Crippen LogP contribution is 2.30. The van der Waals surface area contributed by atoms with E-state index in [1.807, 2.05) is 39.2 Å². The number of fused-ring (bicyclic) bond motifs is 1. The van der Waals surface area contributed by atoms with Crippen LogP contribution in [-0.4, -0.2) is 28.1 Å². The second kappa shape index (κ2) is 6.03. The van der Waals surface area contributed by atoms with E-state index in [1.54, 1.807) is 4.90 Å². The first-order valence-corrected chi connectivity index (χ1v) is 7.96. The van der Waals surface area contributed by atoms with Crippen LogP contribution in [0.5, 0.6) is 0 Å². The van der Waals surface area contributed by atoms with Crippen LogP contribution in [-0.2, 0) is 4.74 Å². The second-order valence-electron chi connectivity index (χ2n) is 6.83. The summed E-state index contributed by atoms with van der Waals surface area (Å²) in [6.45, 7) is 6.29. The maximum Gasteiger partial charge on any atom is 0.414 e. The number of para-hydroxylation sites is 1. The van der Waals surface area contributed by atoms with E-state index in [9.17, 15) is 4.79 Å². The Morgan fingerprint density at radius 2 is 2.04 bits per heavy atom. The fourth-order valence-corrected chi connectivity index (χ4v) is 2.82. The Bertz CT molecular complexity index is 741. The van der Waals surface area contributed by atoms with E-state index in [-0.39, 0.29) is 12.0 Å². The summed E-state index contributed by atoms with van der Waals surface area (Å²) in [7, 11) is 0. The van der Waals surface area contributed by atoms with Gasteiger partial charge in [0.25, 0.3) is 0 Å². The van der Waals surface area contributed by atoms with Crippen LogP contribution in [0.4, 0.5) is 4.79 Å². The molecule has 4 nitrogen and oxygen atoms in total. The molecular formula is C19H22N2O2. The molecule has 1 amide bonds. The first kappa shape index (κ1) is 15.5. The van der Waals surface area contributed by atoms with Crippen molar-refractivity contribution < 1.29 is 9.53 Å². The smallest absolute Gasteiger partial charge is 0.414 e. The molecule has 0 saturated carbocycles. The van der Waals surface area contributed by atoms with Gasteiger partial charge in [0.15, 0.2) is 0 Å². The molecule has 1 aromatic carbocycles. The highest BCUT2D eigenvalue weighted by atomic mass is 16.6. The Kier molecular flexibility index (Phi) is 4.07. The number of allylic oxidation sites excluding steroid dienone is 1. The molecule has 1 atom stereocenters. The molecule has 23 heavy (non-hydrogen) atoms. The lowest BCUT2D eigenvalue weighted by atomic mass is 9.91. The van der Waals surface area contributed by atoms with Crippen molar-refractivity contribution in [3.63, 3.8) is 0 Å². The summed E-state index contributed by atoms with van der Waals surface area (Å²) in [6.07, 6.45) is 6.31. The highest BCUT2D eigenvalue weighted by Gasteiger charge is 2.24. The number of carbonyl (C=O) groups excluding carboxylic acids is 1. The molecule has 2 heterocycles. The molecule has 0 fully saturated rings. The number of hydrogen-bond donors (Lipinski definition) is 0. The zero-order valence-corrected chi connectivity index (χ0v) is 13.8. The van der Waals surface area contributed by atoms with Gasteiger partial charge in [-0.05, 0) is 38.8 Å². The van der Waals surface area contributed by atoms with Gasteiger partial charge in [-0.1, -0.05) is 30.3 Å². The molecule has 0 aliphatic carbocycles. The molecule has 0 saturated heterocycles. The van der Waals surface area contributed by atoms with Gasteiger partial charge in [-0.2, -0.15) is 0 Å². The molecule has 1 aliphatic rings. The summed E-state index contributed by atoms with van der Waals surface area (Å²) in [5.41, 5.74) is 1.78. The topological polar surface area (TPSA) is 42.4 Å². The first-order valence-electron chi connectivity index (χ1n) is 7.96. The minimum Gasteiger partial charge on any atom is -0.443 e. The monoisotopic (exact) mass is 310 g/mol. The van der Waals surface area contributed by atoms with Crippen LogP contribution in [0.2, 0.25) is 0 Å². The van der Waals surface area contributed by atoms with Crippen molar-refractivity contribution >= 4 is 17.0 Å². The van der Waals surface area contributed by atoms with E-state index in [2.05, 4.69) is 35.3 Å². The SMILES string of the molecule is CC(C)(C)OC(=O)N1C=C[C@@H](c2cccc3cccnc23)CC1. The van der Waals surface area contributed by atoms with Crippen molar-refractivity contribution in [2.75, 3.05) is 6.54 Å². The van der Waals surface area contributed by atoms with Crippen LogP contribution in [0.1, 0.15) is 38.7 Å². The summed E-state index contributed by atoms with van der Waals surface area (Å²) in [5.74, 6) is 0.271. The number of aromatic nitrogens is 1. The molecule has 1 aliphatic heterocycles. The Labute approximate surface area is 136 Å². The Hall–Kier alpha value is -2.36. The summed E-state index contributed by atoms with van der Waals surface area (Å²) < 4.78 is 5.41. The average Bonchev–Trinajstić information content (AvgIpc) is 2.53. The lowest BCUT2D eigenvalue weighted by molar-refractivity contribution is 0.0324. The number of hydrogen-bond acceptors (Lipinski definition) is 3. The second-order valence-corrected chi connectivity index (χ2v) is 6.83. The van der Waals surface area contributed by atoms with Crippen LogP contribution in [0.15, 0.2) is 48.8 Å². The third-order valence-electron chi connectivity index (χ3n) is 3.87. The van der Waals surface area contributed by atoms with Crippen molar-refractivity contribution in [3.8, 4) is 0 Å². The Balaban J connectivity index is 1.79. The van der Waals surface area contributed by atoms with Crippen molar-refractivity contribution in [2.45, 2.75) is 38.7 Å². The molecule has 120 valence electrons. The number of benzene rings is 1. The largest absolute Gasteiger partial charge is 0.443 e. The molecule has 0 unspecified atom stereocenters. The lowest BCUT2D eigenvalue weighted by Crippen LogP contribution is -2.36. The van der Waals surface area contributed by atoms with E-state index in [4.69, 9.17) is 4.74 Å². The normalized spacial score (nSPS) is 18.2. The minimum absolute atomic E-state index is 0.271. The Morgan fingerprint density at radius 1 is 1.26 bits per heavy atom. The minimum atomic E-state index is -0.471. The maximum absolute atomic E-state index is 12.1. The number of nitrogens with zero attached hydrogens (tertiary/aromatic N) is 2. The zero-order valence-electron chi connectivity index (χ0n) is 13.8. The number of pyridine rings is 1. The van der Waals surface area contributed by atoms with E-state index in [0.717, 1.165) is 17.3 Å². The highest BCUT2D eigenvalue weighted by molar-refractivity contribution is 5.82. The molecule has 0 radical (unpaired) electrons.